The van der Waals surface area contributed by atoms with E-state index >= 15 is 0 Å². The van der Waals surface area contributed by atoms with Gasteiger partial charge in [0.2, 0.25) is 11.8 Å². The molecule has 120 valence electrons. The SMILES string of the molecule is COCCOCCCN1C(=O)C(C)(C2CC2)NC(=O)C1C. The molecule has 0 aromatic heterocycles. The number of carbonyl (C=O) groups is 2. The van der Waals surface area contributed by atoms with E-state index in [-0.39, 0.29) is 11.8 Å². The molecule has 0 radical (unpaired) electrons. The number of hydrogen-bond donors (Lipinski definition) is 1. The molecule has 0 aromatic carbocycles. The van der Waals surface area contributed by atoms with Crippen molar-refractivity contribution in [1.29, 1.82) is 0 Å². The van der Waals surface area contributed by atoms with Gasteiger partial charge >= 0.3 is 0 Å². The topological polar surface area (TPSA) is 67.9 Å². The Morgan fingerprint density at radius 2 is 2.00 bits per heavy atom. The van der Waals surface area contributed by atoms with Crippen molar-refractivity contribution < 1.29 is 19.1 Å². The molecular weight excluding hydrogens is 272 g/mol. The zero-order valence-electron chi connectivity index (χ0n) is 13.2. The number of nitrogens with zero attached hydrogens (tertiary/aromatic N) is 1. The van der Waals surface area contributed by atoms with Crippen molar-refractivity contribution in [2.45, 2.75) is 44.7 Å². The van der Waals surface area contributed by atoms with Crippen molar-refractivity contribution in [3.63, 3.8) is 0 Å². The molecular formula is C15H26N2O4. The number of methoxy groups -OCH3 is 1. The molecule has 2 rings (SSSR count). The van der Waals surface area contributed by atoms with E-state index in [2.05, 4.69) is 5.32 Å². The quantitative estimate of drug-likeness (QED) is 0.665. The highest BCUT2D eigenvalue weighted by molar-refractivity contribution is 5.99. The van der Waals surface area contributed by atoms with Crippen LogP contribution in [0.4, 0.5) is 0 Å². The Hall–Kier alpha value is -1.14. The molecule has 1 saturated heterocycles. The van der Waals surface area contributed by atoms with E-state index in [1.165, 1.54) is 0 Å². The third-order valence-electron chi connectivity index (χ3n) is 4.45. The lowest BCUT2D eigenvalue weighted by atomic mass is 9.89. The van der Waals surface area contributed by atoms with Gasteiger partial charge in [-0.15, -0.1) is 0 Å². The summed E-state index contributed by atoms with van der Waals surface area (Å²) in [4.78, 5) is 26.5. The molecule has 0 spiro atoms. The van der Waals surface area contributed by atoms with Gasteiger partial charge in [-0.3, -0.25) is 9.59 Å². The zero-order valence-corrected chi connectivity index (χ0v) is 13.2. The van der Waals surface area contributed by atoms with Crippen LogP contribution in [0, 0.1) is 5.92 Å². The Kier molecular flexibility index (Phi) is 5.22. The maximum atomic E-state index is 12.7. The molecule has 2 atom stereocenters. The molecule has 2 unspecified atom stereocenters. The van der Waals surface area contributed by atoms with Crippen LogP contribution in [-0.2, 0) is 19.1 Å². The van der Waals surface area contributed by atoms with Crippen LogP contribution in [0.5, 0.6) is 0 Å². The summed E-state index contributed by atoms with van der Waals surface area (Å²) in [7, 11) is 1.63. The average Bonchev–Trinajstić information content (AvgIpc) is 3.28. The first kappa shape index (κ1) is 16.2. The van der Waals surface area contributed by atoms with Gasteiger partial charge in [-0.25, -0.2) is 0 Å². The summed E-state index contributed by atoms with van der Waals surface area (Å²) >= 11 is 0. The monoisotopic (exact) mass is 298 g/mol. The molecule has 2 fully saturated rings. The molecule has 2 amide bonds. The fourth-order valence-corrected chi connectivity index (χ4v) is 2.84. The Balaban J connectivity index is 1.87. The number of hydrogen-bond acceptors (Lipinski definition) is 4. The molecule has 6 heteroatoms. The molecule has 0 aromatic rings. The molecule has 1 aliphatic heterocycles. The highest BCUT2D eigenvalue weighted by Gasteiger charge is 2.54. The molecule has 1 saturated carbocycles. The van der Waals surface area contributed by atoms with E-state index in [9.17, 15) is 9.59 Å². The number of rotatable bonds is 8. The van der Waals surface area contributed by atoms with Gasteiger partial charge in [0.1, 0.15) is 11.6 Å². The van der Waals surface area contributed by atoms with Crippen molar-refractivity contribution in [2.24, 2.45) is 5.92 Å². The normalized spacial score (nSPS) is 29.7. The van der Waals surface area contributed by atoms with Gasteiger partial charge in [0.25, 0.3) is 0 Å². The van der Waals surface area contributed by atoms with Crippen molar-refractivity contribution in [3.05, 3.63) is 0 Å². The minimum absolute atomic E-state index is 0.0500. The van der Waals surface area contributed by atoms with Gasteiger partial charge in [0.15, 0.2) is 0 Å². The number of carbonyl (C=O) groups excluding carboxylic acids is 2. The lowest BCUT2D eigenvalue weighted by Gasteiger charge is -2.43. The molecule has 21 heavy (non-hydrogen) atoms. The number of nitrogens with one attached hydrogen (secondary N) is 1. The Morgan fingerprint density at radius 1 is 1.29 bits per heavy atom. The second kappa shape index (κ2) is 6.75. The van der Waals surface area contributed by atoms with E-state index in [0.29, 0.717) is 32.3 Å². The predicted octanol–water partition coefficient (Wildman–Crippen LogP) is 0.555. The van der Waals surface area contributed by atoms with E-state index in [0.717, 1.165) is 19.3 Å². The van der Waals surface area contributed by atoms with Crippen LogP contribution in [0.15, 0.2) is 0 Å². The Bertz CT molecular complexity index is 397. The number of amides is 2. The summed E-state index contributed by atoms with van der Waals surface area (Å²) < 4.78 is 10.3. The van der Waals surface area contributed by atoms with Crippen LogP contribution in [-0.4, -0.2) is 61.8 Å². The lowest BCUT2D eigenvalue weighted by molar-refractivity contribution is -0.154. The Labute approximate surface area is 126 Å². The van der Waals surface area contributed by atoms with Crippen molar-refractivity contribution in [1.82, 2.24) is 10.2 Å². The van der Waals surface area contributed by atoms with E-state index in [1.807, 2.05) is 6.92 Å². The van der Waals surface area contributed by atoms with E-state index in [4.69, 9.17) is 9.47 Å². The number of piperazine rings is 1. The average molecular weight is 298 g/mol. The fourth-order valence-electron chi connectivity index (χ4n) is 2.84. The maximum absolute atomic E-state index is 12.7. The maximum Gasteiger partial charge on any atom is 0.249 e. The van der Waals surface area contributed by atoms with Gasteiger partial charge in [0, 0.05) is 20.3 Å². The second-order valence-electron chi connectivity index (χ2n) is 6.10. The van der Waals surface area contributed by atoms with Gasteiger partial charge in [-0.1, -0.05) is 0 Å². The van der Waals surface area contributed by atoms with E-state index in [1.54, 1.807) is 18.9 Å². The minimum Gasteiger partial charge on any atom is -0.382 e. The van der Waals surface area contributed by atoms with Crippen molar-refractivity contribution in [3.8, 4) is 0 Å². The summed E-state index contributed by atoms with van der Waals surface area (Å²) in [6, 6.07) is -0.400. The van der Waals surface area contributed by atoms with Crippen molar-refractivity contribution in [2.75, 3.05) is 33.5 Å². The molecule has 0 bridgehead atoms. The Morgan fingerprint density at radius 3 is 2.62 bits per heavy atom. The molecule has 2 aliphatic rings. The molecule has 1 aliphatic carbocycles. The highest BCUT2D eigenvalue weighted by atomic mass is 16.5. The minimum atomic E-state index is -0.708. The summed E-state index contributed by atoms with van der Waals surface area (Å²) in [5.41, 5.74) is -0.708. The van der Waals surface area contributed by atoms with Crippen LogP contribution in [0.3, 0.4) is 0 Å². The fraction of sp³-hybridized carbons (Fsp3) is 0.867. The van der Waals surface area contributed by atoms with Crippen LogP contribution in [0.25, 0.3) is 0 Å². The summed E-state index contributed by atoms with van der Waals surface area (Å²) in [6.45, 7) is 5.90. The predicted molar refractivity (Wildman–Crippen MR) is 77.8 cm³/mol. The summed E-state index contributed by atoms with van der Waals surface area (Å²) in [6.07, 6.45) is 2.77. The summed E-state index contributed by atoms with van der Waals surface area (Å²) in [5.74, 6) is 0.292. The molecule has 6 nitrogen and oxygen atoms in total. The van der Waals surface area contributed by atoms with E-state index < -0.39 is 11.6 Å². The first-order chi connectivity index (χ1) is 10.0. The molecule has 1 N–H and O–H groups in total. The first-order valence-corrected chi connectivity index (χ1v) is 7.70. The third-order valence-corrected chi connectivity index (χ3v) is 4.45. The van der Waals surface area contributed by atoms with Crippen LogP contribution in [0.2, 0.25) is 0 Å². The highest BCUT2D eigenvalue weighted by Crippen LogP contribution is 2.42. The second-order valence-corrected chi connectivity index (χ2v) is 6.10. The molecule has 1 heterocycles. The first-order valence-electron chi connectivity index (χ1n) is 7.70. The standard InChI is InChI=1S/C15H26N2O4/c1-11-13(18)16-15(2,12-5-6-12)14(19)17(11)7-4-8-21-10-9-20-3/h11-12H,4-10H2,1-3H3,(H,16,18). The zero-order chi connectivity index (χ0) is 15.5. The van der Waals surface area contributed by atoms with Crippen LogP contribution >= 0.6 is 0 Å². The smallest absolute Gasteiger partial charge is 0.249 e. The summed E-state index contributed by atoms with van der Waals surface area (Å²) in [5, 5.41) is 2.92. The largest absolute Gasteiger partial charge is 0.382 e. The third kappa shape index (κ3) is 3.55. The van der Waals surface area contributed by atoms with Crippen molar-refractivity contribution >= 4 is 11.8 Å². The lowest BCUT2D eigenvalue weighted by Crippen LogP contribution is -2.69. The van der Waals surface area contributed by atoms with Crippen LogP contribution in [0.1, 0.15) is 33.1 Å². The number of ether oxygens (including phenoxy) is 2. The van der Waals surface area contributed by atoms with Gasteiger partial charge in [0.05, 0.1) is 13.2 Å². The van der Waals surface area contributed by atoms with Gasteiger partial charge in [-0.05, 0) is 39.0 Å². The van der Waals surface area contributed by atoms with Crippen LogP contribution < -0.4 is 5.32 Å². The van der Waals surface area contributed by atoms with Gasteiger partial charge < -0.3 is 19.7 Å². The van der Waals surface area contributed by atoms with Gasteiger partial charge in [-0.2, -0.15) is 0 Å².